The first-order valence-electron chi connectivity index (χ1n) is 28.3. The van der Waals surface area contributed by atoms with Gasteiger partial charge in [-0.2, -0.15) is 0 Å². The molecule has 0 spiro atoms. The van der Waals surface area contributed by atoms with Crippen molar-refractivity contribution < 1.29 is 9.59 Å². The lowest BCUT2D eigenvalue weighted by Crippen LogP contribution is -2.58. The van der Waals surface area contributed by atoms with Gasteiger partial charge in [0.25, 0.3) is 0 Å². The number of benzene rings is 1. The van der Waals surface area contributed by atoms with Crippen LogP contribution in [0.4, 0.5) is 0 Å². The number of carbonyl (C=O) groups excluding carboxylic acids is 2. The summed E-state index contributed by atoms with van der Waals surface area (Å²) in [6.45, 7) is 9.94. The van der Waals surface area contributed by atoms with E-state index in [1.165, 1.54) is 28.9 Å². The molecule has 752 valence electrons. The van der Waals surface area contributed by atoms with Crippen molar-refractivity contribution in [2.75, 3.05) is 32.7 Å². The first-order valence-corrected chi connectivity index (χ1v) is 153. The van der Waals surface area contributed by atoms with Crippen molar-refractivity contribution in [1.82, 2.24) is 19.7 Å². The number of piperazine rings is 1. The van der Waals surface area contributed by atoms with Crippen molar-refractivity contribution >= 4 is 863 Å². The van der Waals surface area contributed by atoms with Gasteiger partial charge in [0.15, 0.2) is 0 Å². The van der Waals surface area contributed by atoms with Crippen LogP contribution in [0.15, 0.2) is 48.8 Å². The molecule has 2 aliphatic rings. The highest BCUT2D eigenvalue weighted by Crippen LogP contribution is 2.33. The van der Waals surface area contributed by atoms with E-state index in [0.717, 1.165) is 50.6 Å². The molecular weight excluding hydrogens is 3470 g/mol. The predicted octanol–water partition coefficient (Wildman–Crippen LogP) is 4.42. The highest BCUT2D eigenvalue weighted by atomic mass is 35.5. The van der Waals surface area contributed by atoms with Gasteiger partial charge in [-0.15, -0.1) is 0 Å². The summed E-state index contributed by atoms with van der Waals surface area (Å²) < 4.78 is 0. The molecular formula is C28H37ClN4O2S94. The van der Waals surface area contributed by atoms with E-state index in [0.29, 0.717) is 18.3 Å². The molecule has 2 aromatic rings. The maximum absolute atomic E-state index is 13.5. The Morgan fingerprint density at radius 1 is 0.302 bits per heavy atom. The highest BCUT2D eigenvalue weighted by molar-refractivity contribution is 8.87. The Bertz CT molecular complexity index is 8720. The van der Waals surface area contributed by atoms with Crippen LogP contribution in [0.2, 0.25) is 5.02 Å². The number of piperidine rings is 1. The van der Waals surface area contributed by atoms with Crippen LogP contribution in [0, 0.1) is 11.8 Å². The second-order valence-electron chi connectivity index (χ2n) is 16.5. The lowest BCUT2D eigenvalue weighted by atomic mass is 9.90. The smallest absolute Gasteiger partial charge is 0.223 e. The topological polar surface area (TPSA) is 56.8 Å². The third-order valence-electron chi connectivity index (χ3n) is 10.2. The van der Waals surface area contributed by atoms with Crippen LogP contribution >= 0.6 is 11.6 Å². The summed E-state index contributed by atoms with van der Waals surface area (Å²) in [4.78, 5) is 35.8. The van der Waals surface area contributed by atoms with E-state index in [9.17, 15) is 9.59 Å². The minimum Gasteiger partial charge on any atom is -0.343 e. The minimum absolute atomic E-state index is 0.0877. The van der Waals surface area contributed by atoms with Gasteiger partial charge in [0, 0.05) is 909 Å². The van der Waals surface area contributed by atoms with Crippen LogP contribution in [0.5, 0.6) is 0 Å². The number of rotatable bonds is 6. The van der Waals surface area contributed by atoms with Gasteiger partial charge in [0.05, 0.1) is 6.04 Å². The molecule has 2 atom stereocenters. The highest BCUT2D eigenvalue weighted by Gasteiger charge is 2.37. The summed E-state index contributed by atoms with van der Waals surface area (Å²) in [5.74, 6) is 1.11. The average molecular weight is 3510 g/mol. The molecule has 2 amide bonds. The first-order chi connectivity index (χ1) is 63.7. The molecule has 0 bridgehead atoms. The zero-order chi connectivity index (χ0) is 92.0. The quantitative estimate of drug-likeness (QED) is 0.428. The number of halogens is 1. The third-order valence-corrected chi connectivity index (χ3v) is 213. The summed E-state index contributed by atoms with van der Waals surface area (Å²) in [5.41, 5.74) is 2.39. The maximum atomic E-state index is 13.5. The number of aromatic nitrogens is 1. The van der Waals surface area contributed by atoms with Crippen LogP contribution in [0.1, 0.15) is 57.2 Å². The van der Waals surface area contributed by atoms with Gasteiger partial charge in [-0.1, -0.05) is 37.6 Å². The molecule has 101 heteroatoms. The van der Waals surface area contributed by atoms with Crippen LogP contribution in [0.3, 0.4) is 0 Å². The van der Waals surface area contributed by atoms with Gasteiger partial charge in [0.2, 0.25) is 11.8 Å². The lowest BCUT2D eigenvalue weighted by molar-refractivity contribution is -0.139. The van der Waals surface area contributed by atoms with E-state index in [4.69, 9.17) is 34.0 Å². The summed E-state index contributed by atoms with van der Waals surface area (Å²) in [6.07, 6.45) is 6.10. The van der Waals surface area contributed by atoms with Gasteiger partial charge >= 0.3 is 0 Å². The largest absolute Gasteiger partial charge is 0.343 e. The van der Waals surface area contributed by atoms with Crippen molar-refractivity contribution in [1.29, 1.82) is 0 Å². The summed E-state index contributed by atoms with van der Waals surface area (Å²) >= 11 is 15.8. The van der Waals surface area contributed by atoms with E-state index in [-0.39, 0.29) is 23.9 Å². The zero-order valence-corrected chi connectivity index (χ0v) is 137. The van der Waals surface area contributed by atoms with Gasteiger partial charge in [-0.3, -0.25) is 19.5 Å². The second-order valence-corrected chi connectivity index (χ2v) is 180. The van der Waals surface area contributed by atoms with Crippen molar-refractivity contribution in [3.05, 3.63) is 64.9 Å². The molecule has 2 aliphatic heterocycles. The maximum Gasteiger partial charge on any atom is 0.223 e. The Balaban J connectivity index is 0.00000100. The van der Waals surface area contributed by atoms with E-state index < -0.39 is 0 Å². The Hall–Kier alpha value is 18.2. The van der Waals surface area contributed by atoms with Gasteiger partial charge < -0.3 is 9.80 Å². The first kappa shape index (κ1) is 141. The fraction of sp³-hybridized carbons (Fsp3) is 0.536. The normalized spacial score (nSPS) is 11.4. The molecule has 0 radical (unpaired) electrons. The fourth-order valence-electron chi connectivity index (χ4n) is 6.59. The third kappa shape index (κ3) is 95.8. The molecule has 129 heavy (non-hydrogen) atoms. The lowest BCUT2D eigenvalue weighted by Gasteiger charge is -2.47. The molecule has 2 saturated heterocycles. The average Bonchev–Trinajstić information content (AvgIpc) is 0.789. The number of carbonyl (C=O) groups is 2. The Labute approximate surface area is 1020 Å². The monoisotopic (exact) mass is 3500 g/mol. The SMILES string of the molecule is CC(=O)N1CCC(CC(=O)N2CCN(C(c3ccncc3)c3ccc(Cl)cc3)C[C@@H]2C(C)C)CC1.S=S=S=S=S=S=S=S=S=S=S=S=S=S=S=S=S=S=S=S=S=S=S=S=S=S=S=S=S=S=S=S=S=S=S=S=S=S=S=S=S=S=S=S=S=S=S=S=S=S=S=S=S=S=S=S=S=S=S=S=S=S=S=S=S=S=S=S=S=S=S=S=S=S=S=S=S=S=S=S=S=S=S=S=S=S=S=S=S=S=S=S=S=S. The molecule has 0 N–H and O–H groups in total. The van der Waals surface area contributed by atoms with E-state index in [1.807, 2.05) is 722 Å². The van der Waals surface area contributed by atoms with Gasteiger partial charge in [-0.05, 0) is 60.1 Å². The van der Waals surface area contributed by atoms with Crippen molar-refractivity contribution in [2.45, 2.75) is 52.1 Å². The molecule has 1 aromatic heterocycles. The van der Waals surface area contributed by atoms with Crippen LogP contribution in [-0.4, -0.2) is 70.3 Å². The molecule has 4 rings (SSSR count). The number of hydrogen-bond donors (Lipinski definition) is 0. The molecule has 1 unspecified atom stereocenters. The zero-order valence-electron chi connectivity index (χ0n) is 59.4. The van der Waals surface area contributed by atoms with Gasteiger partial charge in [-0.25, -0.2) is 0 Å². The minimum atomic E-state index is 0.0877. The van der Waals surface area contributed by atoms with E-state index >= 15 is 0 Å². The molecule has 0 saturated carbocycles. The van der Waals surface area contributed by atoms with Crippen LogP contribution < -0.4 is 0 Å². The Morgan fingerprint density at radius 2 is 0.496 bits per heavy atom. The molecule has 2 fully saturated rings. The molecule has 0 aliphatic carbocycles. The second kappa shape index (κ2) is 116. The molecule has 3 heterocycles. The van der Waals surface area contributed by atoms with Crippen molar-refractivity contribution in [3.63, 3.8) is 0 Å². The molecule has 6 nitrogen and oxygen atoms in total. The number of amides is 2. The van der Waals surface area contributed by atoms with Gasteiger partial charge in [0.1, 0.15) is 0 Å². The number of likely N-dealkylation sites (tertiary alicyclic amines) is 1. The Morgan fingerprint density at radius 3 is 0.682 bits per heavy atom. The number of pyridine rings is 1. The van der Waals surface area contributed by atoms with E-state index in [2.05, 4.69) is 52.9 Å². The summed E-state index contributed by atoms with van der Waals surface area (Å²) in [5, 5.41) is 0.729. The predicted molar refractivity (Wildman–Crippen MR) is 831 cm³/mol. The summed E-state index contributed by atoms with van der Waals surface area (Å²) in [7, 11) is 166. The van der Waals surface area contributed by atoms with Crippen molar-refractivity contribution in [3.8, 4) is 0 Å². The standard InChI is InChI=1S/C28H37ClN4O2.S94/c1-20(2)26-19-32(28(24-8-12-30-13-9-24)23-4-6-25(29)7-5-23)16-17-33(26)27(35)18-22-10-14-31(15-11-22)21(3)34;1-3-5-7-9-11-13-15-17-19-21-23-25-27-29-31-33-35-37-39-41-43-45-47-49-51-53-55-57-59-61-63-65-67-69-71-73-75-77-79-81-83-85-87-89-91-93-94-92-90-88-86-84-82-80-78-76-74-72-70-68-66-64-62-60-58-56-54-52-50-48-46-44-42-40-38-36-34-32-30-28-26-24-22-20-18-16-14-12-10-8-6-4-2/h4-9,12-13,20,22,26,28H,10-11,14-19H2,1-3H3;/t26-,28?;/m1./s1. The number of hydrogen-bond acceptors (Lipinski definition) is 6. The van der Waals surface area contributed by atoms with Crippen LogP contribution in [0.25, 0.3) is 0 Å². The fourth-order valence-corrected chi connectivity index (χ4v) is 254. The summed E-state index contributed by atoms with van der Waals surface area (Å²) in [6, 6.07) is 12.5. The van der Waals surface area contributed by atoms with Crippen molar-refractivity contribution in [2.24, 2.45) is 11.8 Å². The van der Waals surface area contributed by atoms with E-state index in [1.54, 1.807) is 113 Å². The number of nitrogens with zero attached hydrogens (tertiary/aromatic N) is 4. The molecule has 1 aromatic carbocycles. The van der Waals surface area contributed by atoms with Crippen LogP contribution in [-0.2, 0) is 849 Å². The Kier molecular flexibility index (Phi) is 127.